The second-order valence-electron chi connectivity index (χ2n) is 3.06. The second-order valence-corrected chi connectivity index (χ2v) is 3.06. The van der Waals surface area contributed by atoms with E-state index in [1.807, 2.05) is 6.07 Å². The van der Waals surface area contributed by atoms with E-state index in [9.17, 15) is 4.79 Å². The largest absolute Gasteiger partial charge is 0.469 e. The van der Waals surface area contributed by atoms with E-state index in [-0.39, 0.29) is 11.9 Å². The number of nitrogens with zero attached hydrogens (tertiary/aromatic N) is 1. The van der Waals surface area contributed by atoms with Gasteiger partial charge in [0.05, 0.1) is 19.1 Å². The average Bonchev–Trinajstić information content (AvgIpc) is 2.17. The summed E-state index contributed by atoms with van der Waals surface area (Å²) in [5, 5.41) is 8.39. The van der Waals surface area contributed by atoms with E-state index >= 15 is 0 Å². The molecule has 1 unspecified atom stereocenters. The highest BCUT2D eigenvalue weighted by Gasteiger charge is 2.17. The van der Waals surface area contributed by atoms with Crippen molar-refractivity contribution in [1.29, 1.82) is 5.26 Å². The zero-order valence-corrected chi connectivity index (χ0v) is 8.38. The van der Waals surface area contributed by atoms with Gasteiger partial charge in [0.25, 0.3) is 0 Å². The highest BCUT2D eigenvalue weighted by atomic mass is 16.5. The number of ether oxygens (including phenoxy) is 1. The highest BCUT2D eigenvalue weighted by molar-refractivity contribution is 5.72. The molecule has 0 aliphatic heterocycles. The Morgan fingerprint density at radius 1 is 1.54 bits per heavy atom. The molecule has 0 heterocycles. The molecule has 0 fully saturated rings. The summed E-state index contributed by atoms with van der Waals surface area (Å²) in [6.07, 6.45) is 3.99. The Morgan fingerprint density at radius 2 is 2.23 bits per heavy atom. The standard InChI is InChI=1S/C10H17NO2/c1-3-4-6-9(7-5-8-11)10(12)13-2/h9H,3-7H2,1-2H3. The Labute approximate surface area is 79.7 Å². The van der Waals surface area contributed by atoms with Crippen molar-refractivity contribution in [1.82, 2.24) is 0 Å². The lowest BCUT2D eigenvalue weighted by molar-refractivity contribution is -0.145. The molecule has 13 heavy (non-hydrogen) atoms. The van der Waals surface area contributed by atoms with Crippen molar-refractivity contribution in [2.24, 2.45) is 5.92 Å². The summed E-state index contributed by atoms with van der Waals surface area (Å²) in [6, 6.07) is 2.05. The molecule has 3 heteroatoms. The molecule has 0 saturated carbocycles. The smallest absolute Gasteiger partial charge is 0.308 e. The van der Waals surface area contributed by atoms with Gasteiger partial charge in [-0.15, -0.1) is 0 Å². The van der Waals surface area contributed by atoms with Crippen LogP contribution in [0.2, 0.25) is 0 Å². The summed E-state index contributed by atoms with van der Waals surface area (Å²) >= 11 is 0. The molecule has 3 nitrogen and oxygen atoms in total. The molecule has 0 radical (unpaired) electrons. The minimum absolute atomic E-state index is 0.0791. The number of nitriles is 1. The number of esters is 1. The zero-order valence-electron chi connectivity index (χ0n) is 8.38. The highest BCUT2D eigenvalue weighted by Crippen LogP contribution is 2.15. The van der Waals surface area contributed by atoms with E-state index in [0.29, 0.717) is 12.8 Å². The summed E-state index contributed by atoms with van der Waals surface area (Å²) in [5.74, 6) is -0.256. The molecule has 0 spiro atoms. The van der Waals surface area contributed by atoms with Gasteiger partial charge in [-0.2, -0.15) is 5.26 Å². The number of rotatable bonds is 6. The number of hydrogen-bond donors (Lipinski definition) is 0. The van der Waals surface area contributed by atoms with Crippen LogP contribution >= 0.6 is 0 Å². The van der Waals surface area contributed by atoms with Gasteiger partial charge in [0.15, 0.2) is 0 Å². The Hall–Kier alpha value is -1.04. The Balaban J connectivity index is 3.88. The van der Waals surface area contributed by atoms with Crippen LogP contribution in [0.4, 0.5) is 0 Å². The van der Waals surface area contributed by atoms with Crippen LogP contribution in [0.3, 0.4) is 0 Å². The normalized spacial score (nSPS) is 11.8. The molecular weight excluding hydrogens is 166 g/mol. The van der Waals surface area contributed by atoms with Crippen LogP contribution in [0.1, 0.15) is 39.0 Å². The van der Waals surface area contributed by atoms with Crippen molar-refractivity contribution >= 4 is 5.97 Å². The fourth-order valence-electron chi connectivity index (χ4n) is 1.24. The van der Waals surface area contributed by atoms with Crippen LogP contribution in [0.15, 0.2) is 0 Å². The molecule has 1 atom stereocenters. The van der Waals surface area contributed by atoms with E-state index < -0.39 is 0 Å². The van der Waals surface area contributed by atoms with Crippen molar-refractivity contribution in [3.63, 3.8) is 0 Å². The first-order valence-corrected chi connectivity index (χ1v) is 4.71. The Kier molecular flexibility index (Phi) is 6.99. The summed E-state index contributed by atoms with van der Waals surface area (Å²) in [6.45, 7) is 2.08. The number of hydrogen-bond acceptors (Lipinski definition) is 3. The van der Waals surface area contributed by atoms with E-state index in [1.54, 1.807) is 0 Å². The van der Waals surface area contributed by atoms with E-state index in [2.05, 4.69) is 11.7 Å². The number of methoxy groups -OCH3 is 1. The maximum atomic E-state index is 11.2. The SMILES string of the molecule is CCCCC(CCC#N)C(=O)OC. The van der Waals surface area contributed by atoms with E-state index in [0.717, 1.165) is 19.3 Å². The fraction of sp³-hybridized carbons (Fsp3) is 0.800. The molecule has 0 saturated heterocycles. The van der Waals surface area contributed by atoms with E-state index in [1.165, 1.54) is 7.11 Å². The number of carbonyl (C=O) groups excluding carboxylic acids is 1. The third-order valence-electron chi connectivity index (χ3n) is 2.05. The first kappa shape index (κ1) is 12.0. The molecule has 0 N–H and O–H groups in total. The van der Waals surface area contributed by atoms with Crippen molar-refractivity contribution in [2.75, 3.05) is 7.11 Å². The van der Waals surface area contributed by atoms with Crippen LogP contribution in [0.5, 0.6) is 0 Å². The van der Waals surface area contributed by atoms with Gasteiger partial charge >= 0.3 is 5.97 Å². The van der Waals surface area contributed by atoms with Gasteiger partial charge in [0.1, 0.15) is 0 Å². The van der Waals surface area contributed by atoms with Gasteiger partial charge in [-0.05, 0) is 12.8 Å². The molecule has 0 rings (SSSR count). The monoisotopic (exact) mass is 183 g/mol. The Morgan fingerprint density at radius 3 is 2.69 bits per heavy atom. The molecule has 74 valence electrons. The predicted octanol–water partition coefficient (Wildman–Crippen LogP) is 2.27. The lowest BCUT2D eigenvalue weighted by Crippen LogP contribution is -2.16. The summed E-state index contributed by atoms with van der Waals surface area (Å²) < 4.78 is 4.66. The molecule has 0 amide bonds. The van der Waals surface area contributed by atoms with Crippen molar-refractivity contribution < 1.29 is 9.53 Å². The van der Waals surface area contributed by atoms with Gasteiger partial charge in [-0.25, -0.2) is 0 Å². The second kappa shape index (κ2) is 7.60. The average molecular weight is 183 g/mol. The number of unbranched alkanes of at least 4 members (excludes halogenated alkanes) is 1. The zero-order chi connectivity index (χ0) is 10.1. The molecule has 0 aliphatic rings. The lowest BCUT2D eigenvalue weighted by atomic mass is 9.97. The first-order chi connectivity index (χ1) is 6.26. The maximum absolute atomic E-state index is 11.2. The third kappa shape index (κ3) is 5.24. The molecule has 0 aromatic heterocycles. The Bertz CT molecular complexity index is 184. The first-order valence-electron chi connectivity index (χ1n) is 4.71. The van der Waals surface area contributed by atoms with Crippen molar-refractivity contribution in [3.8, 4) is 6.07 Å². The minimum Gasteiger partial charge on any atom is -0.469 e. The van der Waals surface area contributed by atoms with Gasteiger partial charge in [0, 0.05) is 6.42 Å². The minimum atomic E-state index is -0.177. The molecule has 0 aromatic carbocycles. The fourth-order valence-corrected chi connectivity index (χ4v) is 1.24. The molecular formula is C10H17NO2. The maximum Gasteiger partial charge on any atom is 0.308 e. The molecule has 0 aromatic rings. The van der Waals surface area contributed by atoms with Crippen LogP contribution in [0.25, 0.3) is 0 Å². The topological polar surface area (TPSA) is 50.1 Å². The van der Waals surface area contributed by atoms with Crippen LogP contribution < -0.4 is 0 Å². The molecule has 0 aliphatic carbocycles. The van der Waals surface area contributed by atoms with Crippen molar-refractivity contribution in [2.45, 2.75) is 39.0 Å². The number of carbonyl (C=O) groups is 1. The molecule has 0 bridgehead atoms. The third-order valence-corrected chi connectivity index (χ3v) is 2.05. The van der Waals surface area contributed by atoms with Gasteiger partial charge in [-0.1, -0.05) is 19.8 Å². The quantitative estimate of drug-likeness (QED) is 0.593. The van der Waals surface area contributed by atoms with Crippen LogP contribution in [-0.4, -0.2) is 13.1 Å². The van der Waals surface area contributed by atoms with Gasteiger partial charge in [-0.3, -0.25) is 4.79 Å². The van der Waals surface area contributed by atoms with Crippen molar-refractivity contribution in [3.05, 3.63) is 0 Å². The van der Waals surface area contributed by atoms with Crippen LogP contribution in [-0.2, 0) is 9.53 Å². The van der Waals surface area contributed by atoms with Gasteiger partial charge in [0.2, 0.25) is 0 Å². The summed E-state index contributed by atoms with van der Waals surface area (Å²) in [7, 11) is 1.40. The predicted molar refractivity (Wildman–Crippen MR) is 49.9 cm³/mol. The van der Waals surface area contributed by atoms with E-state index in [4.69, 9.17) is 5.26 Å². The summed E-state index contributed by atoms with van der Waals surface area (Å²) in [5.41, 5.74) is 0. The van der Waals surface area contributed by atoms with Gasteiger partial charge < -0.3 is 4.74 Å². The van der Waals surface area contributed by atoms with Crippen LogP contribution in [0, 0.1) is 17.2 Å². The summed E-state index contributed by atoms with van der Waals surface area (Å²) in [4.78, 5) is 11.2. The lowest BCUT2D eigenvalue weighted by Gasteiger charge is -2.11.